The molecule has 130 valence electrons. The Kier molecular flexibility index (Phi) is 3.72. The second-order valence-corrected chi connectivity index (χ2v) is 9.52. The first-order valence-corrected chi connectivity index (χ1v) is 10.1. The van der Waals surface area contributed by atoms with Gasteiger partial charge in [0, 0.05) is 6.42 Å². The molecule has 0 aliphatic heterocycles. The minimum Gasteiger partial charge on any atom is -0.295 e. The van der Waals surface area contributed by atoms with Gasteiger partial charge in [-0.05, 0) is 79.1 Å². The summed E-state index contributed by atoms with van der Waals surface area (Å²) < 4.78 is 0. The highest BCUT2D eigenvalue weighted by molar-refractivity contribution is 5.91. The van der Waals surface area contributed by atoms with E-state index in [1.807, 2.05) is 6.08 Å². The molecule has 0 saturated heterocycles. The molecule has 0 aromatic heterocycles. The van der Waals surface area contributed by atoms with Crippen molar-refractivity contribution in [2.45, 2.75) is 72.1 Å². The van der Waals surface area contributed by atoms with Crippen molar-refractivity contribution >= 4 is 5.78 Å². The minimum atomic E-state index is 0.241. The normalized spacial score (nSPS) is 50.3. The summed E-state index contributed by atoms with van der Waals surface area (Å²) in [5, 5.41) is 9.66. The lowest BCUT2D eigenvalue weighted by molar-refractivity contribution is -0.118. The summed E-state index contributed by atoms with van der Waals surface area (Å²) in [6, 6.07) is 2.65. The molecule has 4 aliphatic carbocycles. The van der Waals surface area contributed by atoms with Gasteiger partial charge in [0.15, 0.2) is 5.78 Å². The van der Waals surface area contributed by atoms with Crippen LogP contribution in [0.1, 0.15) is 72.1 Å². The van der Waals surface area contributed by atoms with Crippen LogP contribution in [-0.4, -0.2) is 5.78 Å². The average molecular weight is 325 g/mol. The van der Waals surface area contributed by atoms with Crippen molar-refractivity contribution < 1.29 is 4.79 Å². The Bertz CT molecular complexity index is 628. The van der Waals surface area contributed by atoms with Crippen LogP contribution in [0.3, 0.4) is 0 Å². The summed E-state index contributed by atoms with van der Waals surface area (Å²) in [6.45, 7) is 7.20. The first-order valence-electron chi connectivity index (χ1n) is 10.1. The number of carbonyl (C=O) groups is 1. The van der Waals surface area contributed by atoms with E-state index in [4.69, 9.17) is 0 Å². The fourth-order valence-corrected chi connectivity index (χ4v) is 7.33. The second kappa shape index (κ2) is 5.45. The summed E-state index contributed by atoms with van der Waals surface area (Å²) in [5.74, 6) is 3.54. The van der Waals surface area contributed by atoms with Crippen LogP contribution < -0.4 is 0 Å². The number of allylic oxidation sites excluding steroid dienone is 1. The van der Waals surface area contributed by atoms with Gasteiger partial charge in [-0.3, -0.25) is 4.79 Å². The molecule has 3 saturated carbocycles. The molecule has 24 heavy (non-hydrogen) atoms. The van der Waals surface area contributed by atoms with Gasteiger partial charge in [0.2, 0.25) is 0 Å². The van der Waals surface area contributed by atoms with Crippen molar-refractivity contribution in [1.82, 2.24) is 0 Å². The van der Waals surface area contributed by atoms with Gasteiger partial charge in [0.25, 0.3) is 0 Å². The minimum absolute atomic E-state index is 0.241. The van der Waals surface area contributed by atoms with Gasteiger partial charge in [-0.25, -0.2) is 0 Å². The lowest BCUT2D eigenvalue weighted by atomic mass is 9.44. The average Bonchev–Trinajstić information content (AvgIpc) is 2.91. The van der Waals surface area contributed by atoms with Gasteiger partial charge in [0.1, 0.15) is 0 Å². The zero-order valence-electron chi connectivity index (χ0n) is 15.5. The summed E-state index contributed by atoms with van der Waals surface area (Å²) >= 11 is 0. The maximum Gasteiger partial charge on any atom is 0.155 e. The van der Waals surface area contributed by atoms with Crippen molar-refractivity contribution in [3.8, 4) is 6.07 Å². The number of rotatable bonds is 1. The summed E-state index contributed by atoms with van der Waals surface area (Å²) in [7, 11) is 0. The van der Waals surface area contributed by atoms with Gasteiger partial charge in [-0.2, -0.15) is 5.26 Å². The van der Waals surface area contributed by atoms with Crippen LogP contribution in [0.25, 0.3) is 0 Å². The van der Waals surface area contributed by atoms with E-state index in [-0.39, 0.29) is 16.7 Å². The molecule has 0 radical (unpaired) electrons. The van der Waals surface area contributed by atoms with Crippen LogP contribution in [0.15, 0.2) is 11.6 Å². The highest BCUT2D eigenvalue weighted by Crippen LogP contribution is 2.68. The molecule has 0 amide bonds. The van der Waals surface area contributed by atoms with E-state index in [0.717, 1.165) is 43.4 Å². The van der Waals surface area contributed by atoms with Gasteiger partial charge < -0.3 is 0 Å². The van der Waals surface area contributed by atoms with Crippen molar-refractivity contribution in [2.75, 3.05) is 0 Å². The number of nitriles is 1. The molecule has 2 nitrogen and oxygen atoms in total. The molecule has 0 aromatic carbocycles. The van der Waals surface area contributed by atoms with Crippen molar-refractivity contribution in [2.24, 2.45) is 40.4 Å². The molecule has 4 rings (SSSR count). The molecule has 2 unspecified atom stereocenters. The van der Waals surface area contributed by atoms with Gasteiger partial charge in [-0.1, -0.05) is 32.8 Å². The van der Waals surface area contributed by atoms with E-state index in [1.54, 1.807) is 0 Å². The van der Waals surface area contributed by atoms with E-state index in [9.17, 15) is 10.1 Å². The fourth-order valence-electron chi connectivity index (χ4n) is 7.33. The van der Waals surface area contributed by atoms with Gasteiger partial charge in [0.05, 0.1) is 12.0 Å². The first kappa shape index (κ1) is 16.4. The number of ketones is 1. The monoisotopic (exact) mass is 325 g/mol. The SMILES string of the molecule is CCC1CC2=CC(=O)CC[C@]2(C)[C@@H]2CC[C@]3(C)C(C#N)CC[C@H]3[C@H]12. The van der Waals surface area contributed by atoms with Crippen LogP contribution in [0.2, 0.25) is 0 Å². The molecule has 0 aromatic rings. The van der Waals surface area contributed by atoms with E-state index in [0.29, 0.717) is 11.7 Å². The molecule has 0 spiro atoms. The Morgan fingerprint density at radius 1 is 1.21 bits per heavy atom. The maximum absolute atomic E-state index is 12.0. The molecule has 4 aliphatic rings. The van der Waals surface area contributed by atoms with Crippen LogP contribution in [-0.2, 0) is 4.79 Å². The number of fused-ring (bicyclic) bond motifs is 5. The molecule has 3 fully saturated rings. The van der Waals surface area contributed by atoms with Crippen molar-refractivity contribution in [3.05, 3.63) is 11.6 Å². The highest BCUT2D eigenvalue weighted by Gasteiger charge is 2.61. The van der Waals surface area contributed by atoms with Gasteiger partial charge in [-0.15, -0.1) is 0 Å². The lowest BCUT2D eigenvalue weighted by Gasteiger charge is -2.60. The summed E-state index contributed by atoms with van der Waals surface area (Å²) in [6.07, 6.45) is 11.0. The van der Waals surface area contributed by atoms with Crippen LogP contribution in [0.5, 0.6) is 0 Å². The summed E-state index contributed by atoms with van der Waals surface area (Å²) in [5.41, 5.74) is 1.95. The molecule has 7 atom stereocenters. The predicted octanol–water partition coefficient (Wildman–Crippen LogP) is 5.29. The second-order valence-electron chi connectivity index (χ2n) is 9.52. The zero-order valence-corrected chi connectivity index (χ0v) is 15.5. The molecule has 0 heterocycles. The predicted molar refractivity (Wildman–Crippen MR) is 95.0 cm³/mol. The van der Waals surface area contributed by atoms with Crippen LogP contribution >= 0.6 is 0 Å². The molecule has 0 bridgehead atoms. The Morgan fingerprint density at radius 2 is 2.00 bits per heavy atom. The number of hydrogen-bond donors (Lipinski definition) is 0. The molecular formula is C22H31NO. The van der Waals surface area contributed by atoms with Crippen LogP contribution in [0.4, 0.5) is 0 Å². The summed E-state index contributed by atoms with van der Waals surface area (Å²) in [4.78, 5) is 12.0. The highest BCUT2D eigenvalue weighted by atomic mass is 16.1. The van der Waals surface area contributed by atoms with Crippen molar-refractivity contribution in [3.63, 3.8) is 0 Å². The Morgan fingerprint density at radius 3 is 2.71 bits per heavy atom. The number of hydrogen-bond acceptors (Lipinski definition) is 2. The third-order valence-electron chi connectivity index (χ3n) is 8.82. The first-order chi connectivity index (χ1) is 11.4. The fraction of sp³-hybridized carbons (Fsp3) is 0.818. The Balaban J connectivity index is 1.75. The number of nitrogens with zero attached hydrogens (tertiary/aromatic N) is 1. The van der Waals surface area contributed by atoms with Crippen molar-refractivity contribution in [1.29, 1.82) is 5.26 Å². The van der Waals surface area contributed by atoms with E-state index in [1.165, 1.54) is 31.3 Å². The van der Waals surface area contributed by atoms with E-state index in [2.05, 4.69) is 26.8 Å². The third kappa shape index (κ3) is 2.03. The number of carbonyl (C=O) groups excluding carboxylic acids is 1. The smallest absolute Gasteiger partial charge is 0.155 e. The van der Waals surface area contributed by atoms with E-state index < -0.39 is 0 Å². The topological polar surface area (TPSA) is 40.9 Å². The molecular weight excluding hydrogens is 294 g/mol. The quantitative estimate of drug-likeness (QED) is 0.657. The molecule has 0 N–H and O–H groups in total. The van der Waals surface area contributed by atoms with Crippen LogP contribution in [0, 0.1) is 51.8 Å². The molecule has 2 heteroatoms. The Hall–Kier alpha value is -1.10. The Labute approximate surface area is 146 Å². The standard InChI is InChI=1S/C22H31NO/c1-4-14-11-16-12-17(24)7-9-22(16,3)19-8-10-21(2)15(13-23)5-6-18(21)20(14)19/h12,14-15,18-20H,4-11H2,1-3H3/t14?,15?,18-,19+,20-,21+,22-/m0/s1. The lowest BCUT2D eigenvalue weighted by Crippen LogP contribution is -2.53. The third-order valence-corrected chi connectivity index (χ3v) is 8.82. The van der Waals surface area contributed by atoms with E-state index >= 15 is 0 Å². The maximum atomic E-state index is 12.0. The zero-order chi connectivity index (χ0) is 17.1. The van der Waals surface area contributed by atoms with Gasteiger partial charge >= 0.3 is 0 Å². The largest absolute Gasteiger partial charge is 0.295 e.